The maximum atomic E-state index is 6.36. The molecule has 2 heterocycles. The van der Waals surface area contributed by atoms with Crippen LogP contribution in [0.1, 0.15) is 0 Å². The summed E-state index contributed by atoms with van der Waals surface area (Å²) >= 11 is 0. The van der Waals surface area contributed by atoms with E-state index in [1.807, 2.05) is 12.1 Å². The Labute approximate surface area is 353 Å². The molecule has 0 bridgehead atoms. The Morgan fingerprint density at radius 3 is 1.52 bits per heavy atom. The number of hydrogen-bond acceptors (Lipinski definition) is 2. The van der Waals surface area contributed by atoms with Crippen molar-refractivity contribution in [2.24, 2.45) is 0 Å². The molecule has 0 saturated heterocycles. The lowest BCUT2D eigenvalue weighted by molar-refractivity contribution is 0.670. The summed E-state index contributed by atoms with van der Waals surface area (Å²) in [7, 11) is 0. The van der Waals surface area contributed by atoms with E-state index in [2.05, 4.69) is 228 Å². The lowest BCUT2D eigenvalue weighted by atomic mass is 9.98. The summed E-state index contributed by atoms with van der Waals surface area (Å²) in [6, 6.07) is 82.9. The molecule has 2 aromatic heterocycles. The molecule has 0 fully saturated rings. The number of anilines is 3. The van der Waals surface area contributed by atoms with Crippen molar-refractivity contribution >= 4 is 71.6 Å². The van der Waals surface area contributed by atoms with Crippen molar-refractivity contribution in [2.75, 3.05) is 4.90 Å². The standard InChI is InChI=1S/C58H38N2O/c1-2-15-46-41(13-1)14-11-25-53(46)59(44-35-31-40(32-36-44)39-27-29-43(30-28-39)48-20-12-21-52-51-19-6-10-26-57(51)61-58(48)52)45-37-33-42(34-38-45)47-16-3-7-22-54(47)60-55-23-8-4-17-49(55)50-18-5-9-24-56(50)60/h1-38H. The highest BCUT2D eigenvalue weighted by Crippen LogP contribution is 2.42. The van der Waals surface area contributed by atoms with Crippen LogP contribution in [0.15, 0.2) is 235 Å². The third-order valence-corrected chi connectivity index (χ3v) is 12.2. The van der Waals surface area contributed by atoms with Crippen molar-refractivity contribution in [1.29, 1.82) is 0 Å². The number of hydrogen-bond donors (Lipinski definition) is 0. The molecule has 0 aliphatic carbocycles. The number of rotatable bonds is 7. The Morgan fingerprint density at radius 1 is 0.328 bits per heavy atom. The molecule has 0 atom stereocenters. The molecule has 3 nitrogen and oxygen atoms in total. The molecule has 0 aliphatic rings. The number of aromatic nitrogens is 1. The first-order chi connectivity index (χ1) is 30.3. The second-order valence-corrected chi connectivity index (χ2v) is 15.7. The van der Waals surface area contributed by atoms with Crippen molar-refractivity contribution < 1.29 is 4.42 Å². The summed E-state index contributed by atoms with van der Waals surface area (Å²) in [6.45, 7) is 0. The first-order valence-corrected chi connectivity index (χ1v) is 20.8. The third-order valence-electron chi connectivity index (χ3n) is 12.2. The van der Waals surface area contributed by atoms with E-state index in [0.29, 0.717) is 0 Å². The maximum Gasteiger partial charge on any atom is 0.143 e. The number of benzene rings is 10. The van der Waals surface area contributed by atoms with Crippen LogP contribution in [0.3, 0.4) is 0 Å². The molecule has 0 radical (unpaired) electrons. The minimum Gasteiger partial charge on any atom is -0.455 e. The van der Waals surface area contributed by atoms with Gasteiger partial charge in [0, 0.05) is 49.4 Å². The lowest BCUT2D eigenvalue weighted by Gasteiger charge is -2.27. The molecule has 12 aromatic rings. The SMILES string of the molecule is c1ccc(-n2c3ccccc3c3ccccc32)c(-c2ccc(N(c3ccc(-c4ccc(-c5cccc6c5oc5ccccc56)cc4)cc3)c3cccc4ccccc34)cc2)c1. The van der Waals surface area contributed by atoms with E-state index in [4.69, 9.17) is 4.42 Å². The fourth-order valence-corrected chi connectivity index (χ4v) is 9.34. The fourth-order valence-electron chi connectivity index (χ4n) is 9.34. The minimum absolute atomic E-state index is 0.913. The van der Waals surface area contributed by atoms with Gasteiger partial charge in [-0.15, -0.1) is 0 Å². The van der Waals surface area contributed by atoms with Gasteiger partial charge in [0.1, 0.15) is 11.2 Å². The first kappa shape index (κ1) is 34.9. The van der Waals surface area contributed by atoms with Crippen molar-refractivity contribution in [1.82, 2.24) is 4.57 Å². The van der Waals surface area contributed by atoms with Crippen LogP contribution in [0.4, 0.5) is 17.1 Å². The van der Waals surface area contributed by atoms with Gasteiger partial charge in [0.05, 0.1) is 22.4 Å². The van der Waals surface area contributed by atoms with Crippen molar-refractivity contribution in [3.63, 3.8) is 0 Å². The molecule has 10 aromatic carbocycles. The van der Waals surface area contributed by atoms with Gasteiger partial charge in [-0.05, 0) is 82.2 Å². The van der Waals surface area contributed by atoms with E-state index in [1.165, 1.54) is 38.1 Å². The largest absolute Gasteiger partial charge is 0.455 e. The predicted molar refractivity (Wildman–Crippen MR) is 257 cm³/mol. The summed E-state index contributed by atoms with van der Waals surface area (Å²) in [5.74, 6) is 0. The molecule has 61 heavy (non-hydrogen) atoms. The predicted octanol–water partition coefficient (Wildman–Crippen LogP) is 16.3. The second kappa shape index (κ2) is 14.3. The van der Waals surface area contributed by atoms with Gasteiger partial charge in [-0.1, -0.05) is 176 Å². The Kier molecular flexibility index (Phi) is 8.17. The highest BCUT2D eigenvalue weighted by molar-refractivity contribution is 6.11. The van der Waals surface area contributed by atoms with Crippen LogP contribution in [-0.4, -0.2) is 4.57 Å². The van der Waals surface area contributed by atoms with Gasteiger partial charge < -0.3 is 13.9 Å². The van der Waals surface area contributed by atoms with Crippen LogP contribution in [0.25, 0.3) is 93.6 Å². The van der Waals surface area contributed by atoms with Gasteiger partial charge in [-0.3, -0.25) is 0 Å². The van der Waals surface area contributed by atoms with E-state index in [-0.39, 0.29) is 0 Å². The van der Waals surface area contributed by atoms with E-state index in [1.54, 1.807) is 0 Å². The van der Waals surface area contributed by atoms with E-state index >= 15 is 0 Å². The minimum atomic E-state index is 0.913. The average Bonchev–Trinajstić information content (AvgIpc) is 3.88. The Hall–Kier alpha value is -8.14. The molecular weight excluding hydrogens is 741 g/mol. The van der Waals surface area contributed by atoms with Gasteiger partial charge >= 0.3 is 0 Å². The molecule has 0 saturated carbocycles. The van der Waals surface area contributed by atoms with Crippen LogP contribution >= 0.6 is 0 Å². The normalized spacial score (nSPS) is 11.6. The maximum absolute atomic E-state index is 6.36. The zero-order chi connectivity index (χ0) is 40.3. The highest BCUT2D eigenvalue weighted by atomic mass is 16.3. The molecule has 12 rings (SSSR count). The lowest BCUT2D eigenvalue weighted by Crippen LogP contribution is -2.10. The molecule has 0 spiro atoms. The van der Waals surface area contributed by atoms with Gasteiger partial charge in [0.25, 0.3) is 0 Å². The van der Waals surface area contributed by atoms with Crippen molar-refractivity contribution in [3.8, 4) is 39.1 Å². The second-order valence-electron chi connectivity index (χ2n) is 15.7. The van der Waals surface area contributed by atoms with Crippen molar-refractivity contribution in [3.05, 3.63) is 231 Å². The topological polar surface area (TPSA) is 21.3 Å². The molecule has 286 valence electrons. The first-order valence-electron chi connectivity index (χ1n) is 20.8. The number of fused-ring (bicyclic) bond motifs is 7. The van der Waals surface area contributed by atoms with Crippen LogP contribution in [-0.2, 0) is 0 Å². The Balaban J connectivity index is 0.914. The molecule has 0 N–H and O–H groups in total. The van der Waals surface area contributed by atoms with Gasteiger partial charge in [-0.2, -0.15) is 0 Å². The number of furan rings is 1. The number of nitrogens with zero attached hydrogens (tertiary/aromatic N) is 2. The van der Waals surface area contributed by atoms with Gasteiger partial charge in [-0.25, -0.2) is 0 Å². The van der Waals surface area contributed by atoms with E-state index in [9.17, 15) is 0 Å². The number of para-hydroxylation sites is 5. The molecule has 3 heteroatoms. The highest BCUT2D eigenvalue weighted by Gasteiger charge is 2.19. The molecular formula is C58H38N2O. The zero-order valence-corrected chi connectivity index (χ0v) is 33.2. The smallest absolute Gasteiger partial charge is 0.143 e. The fraction of sp³-hybridized carbons (Fsp3) is 0. The van der Waals surface area contributed by atoms with Gasteiger partial charge in [0.2, 0.25) is 0 Å². The molecule has 0 amide bonds. The molecule has 0 unspecified atom stereocenters. The Bertz CT molecular complexity index is 3520. The summed E-state index contributed by atoms with van der Waals surface area (Å²) in [5, 5.41) is 7.21. The van der Waals surface area contributed by atoms with Crippen LogP contribution in [0.2, 0.25) is 0 Å². The monoisotopic (exact) mass is 778 g/mol. The van der Waals surface area contributed by atoms with Crippen LogP contribution in [0.5, 0.6) is 0 Å². The van der Waals surface area contributed by atoms with Gasteiger partial charge in [0.15, 0.2) is 0 Å². The third kappa shape index (κ3) is 5.82. The Morgan fingerprint density at radius 2 is 0.803 bits per heavy atom. The average molecular weight is 779 g/mol. The van der Waals surface area contributed by atoms with E-state index < -0.39 is 0 Å². The summed E-state index contributed by atoms with van der Waals surface area (Å²) in [4.78, 5) is 2.38. The summed E-state index contributed by atoms with van der Waals surface area (Å²) in [6.07, 6.45) is 0. The summed E-state index contributed by atoms with van der Waals surface area (Å²) in [5.41, 5.74) is 15.6. The van der Waals surface area contributed by atoms with Crippen LogP contribution in [0, 0.1) is 0 Å². The van der Waals surface area contributed by atoms with Crippen molar-refractivity contribution in [2.45, 2.75) is 0 Å². The van der Waals surface area contributed by atoms with E-state index in [0.717, 1.165) is 72.5 Å². The quantitative estimate of drug-likeness (QED) is 0.161. The summed E-state index contributed by atoms with van der Waals surface area (Å²) < 4.78 is 8.77. The zero-order valence-electron chi connectivity index (χ0n) is 33.2. The van der Waals surface area contributed by atoms with Crippen LogP contribution < -0.4 is 4.90 Å². The molecule has 0 aliphatic heterocycles.